The van der Waals surface area contributed by atoms with Crippen molar-refractivity contribution in [3.8, 4) is 6.07 Å². The van der Waals surface area contributed by atoms with Gasteiger partial charge in [0.2, 0.25) is 5.91 Å². The minimum atomic E-state index is -0.823. The summed E-state index contributed by atoms with van der Waals surface area (Å²) in [5, 5.41) is 12.5. The molecule has 1 aliphatic rings. The maximum Gasteiger partial charge on any atom is 0.240 e. The molecule has 0 bridgehead atoms. The Morgan fingerprint density at radius 2 is 1.86 bits per heavy atom. The molecule has 0 radical (unpaired) electrons. The van der Waals surface area contributed by atoms with Crippen LogP contribution in [0.15, 0.2) is 0 Å². The minimum absolute atomic E-state index is 0.0676. The Balaban J connectivity index is 2.46. The van der Waals surface area contributed by atoms with Gasteiger partial charge in [0.25, 0.3) is 0 Å². The van der Waals surface area contributed by atoms with Crippen molar-refractivity contribution in [3.05, 3.63) is 0 Å². The van der Waals surface area contributed by atoms with E-state index in [1.54, 1.807) is 0 Å². The lowest BCUT2D eigenvalue weighted by atomic mass is 9.79. The van der Waals surface area contributed by atoms with Gasteiger partial charge in [0, 0.05) is 13.1 Å². The molecule has 120 valence electrons. The zero-order valence-corrected chi connectivity index (χ0v) is 14.0. The summed E-state index contributed by atoms with van der Waals surface area (Å²) in [5.41, 5.74) is -0.823. The summed E-state index contributed by atoms with van der Waals surface area (Å²) in [4.78, 5) is 14.9. The van der Waals surface area contributed by atoms with Crippen molar-refractivity contribution in [2.75, 3.05) is 26.2 Å². The first kappa shape index (κ1) is 18.0. The summed E-state index contributed by atoms with van der Waals surface area (Å²) in [5.74, 6) is 0.369. The Morgan fingerprint density at radius 3 is 2.33 bits per heavy atom. The first-order valence-electron chi connectivity index (χ1n) is 8.50. The van der Waals surface area contributed by atoms with Crippen LogP contribution in [0.1, 0.15) is 59.3 Å². The fourth-order valence-electron chi connectivity index (χ4n) is 3.27. The number of nitrogens with zero attached hydrogens (tertiary/aromatic N) is 2. The first-order chi connectivity index (χ1) is 10.1. The molecular formula is C17H31N3O. The first-order valence-corrected chi connectivity index (χ1v) is 8.50. The van der Waals surface area contributed by atoms with Crippen molar-refractivity contribution in [2.24, 2.45) is 11.3 Å². The van der Waals surface area contributed by atoms with Crippen LogP contribution in [0.2, 0.25) is 0 Å². The molecule has 1 heterocycles. The maximum atomic E-state index is 12.5. The van der Waals surface area contributed by atoms with E-state index < -0.39 is 5.41 Å². The molecule has 1 unspecified atom stereocenters. The number of carbonyl (C=O) groups is 1. The average molecular weight is 293 g/mol. The molecule has 0 aromatic carbocycles. The van der Waals surface area contributed by atoms with Crippen LogP contribution in [-0.4, -0.2) is 37.0 Å². The molecule has 1 fully saturated rings. The van der Waals surface area contributed by atoms with Gasteiger partial charge in [-0.3, -0.25) is 4.79 Å². The molecule has 21 heavy (non-hydrogen) atoms. The lowest BCUT2D eigenvalue weighted by Gasteiger charge is -2.26. The predicted molar refractivity (Wildman–Crippen MR) is 85.7 cm³/mol. The number of nitriles is 1. The summed E-state index contributed by atoms with van der Waals surface area (Å²) in [6.45, 7) is 10.3. The van der Waals surface area contributed by atoms with Crippen molar-refractivity contribution in [1.82, 2.24) is 10.2 Å². The van der Waals surface area contributed by atoms with Crippen molar-refractivity contribution in [2.45, 2.75) is 59.3 Å². The van der Waals surface area contributed by atoms with Crippen LogP contribution in [0.3, 0.4) is 0 Å². The van der Waals surface area contributed by atoms with Gasteiger partial charge >= 0.3 is 0 Å². The Bertz CT molecular complexity index is 350. The van der Waals surface area contributed by atoms with E-state index in [-0.39, 0.29) is 5.91 Å². The summed E-state index contributed by atoms with van der Waals surface area (Å²) < 4.78 is 0. The van der Waals surface area contributed by atoms with Crippen LogP contribution in [0, 0.1) is 22.7 Å². The number of carbonyl (C=O) groups excluding carboxylic acids is 1. The SMILES string of the molecule is CCCC(C#N)(CCC)C(=O)NCC(C)CN1CCCC1. The van der Waals surface area contributed by atoms with Crippen LogP contribution < -0.4 is 5.32 Å². The van der Waals surface area contributed by atoms with Crippen LogP contribution >= 0.6 is 0 Å². The number of nitrogens with one attached hydrogen (secondary N) is 1. The van der Waals surface area contributed by atoms with Crippen LogP contribution in [0.4, 0.5) is 0 Å². The zero-order valence-electron chi connectivity index (χ0n) is 14.0. The van der Waals surface area contributed by atoms with Gasteiger partial charge in [0.15, 0.2) is 0 Å². The van der Waals surface area contributed by atoms with Crippen LogP contribution in [0.5, 0.6) is 0 Å². The molecule has 0 aromatic heterocycles. The molecule has 0 aromatic rings. The second kappa shape index (κ2) is 9.04. The number of likely N-dealkylation sites (tertiary alicyclic amines) is 1. The third-order valence-corrected chi connectivity index (χ3v) is 4.38. The highest BCUT2D eigenvalue weighted by Gasteiger charge is 2.36. The highest BCUT2D eigenvalue weighted by molar-refractivity contribution is 5.85. The monoisotopic (exact) mass is 293 g/mol. The van der Waals surface area contributed by atoms with E-state index in [0.29, 0.717) is 25.3 Å². The smallest absolute Gasteiger partial charge is 0.240 e. The predicted octanol–water partition coefficient (Wildman–Crippen LogP) is 2.94. The van der Waals surface area contributed by atoms with Crippen molar-refractivity contribution in [1.29, 1.82) is 5.26 Å². The molecular weight excluding hydrogens is 262 g/mol. The number of hydrogen-bond donors (Lipinski definition) is 1. The van der Waals surface area contributed by atoms with Gasteiger partial charge < -0.3 is 10.2 Å². The van der Waals surface area contributed by atoms with Crippen molar-refractivity contribution in [3.63, 3.8) is 0 Å². The van der Waals surface area contributed by atoms with Gasteiger partial charge in [0.05, 0.1) is 6.07 Å². The molecule has 1 rings (SSSR count). The number of rotatable bonds is 9. The molecule has 1 saturated heterocycles. The summed E-state index contributed by atoms with van der Waals surface area (Å²) >= 11 is 0. The Kier molecular flexibility index (Phi) is 7.74. The maximum absolute atomic E-state index is 12.5. The van der Waals surface area contributed by atoms with E-state index in [4.69, 9.17) is 0 Å². The van der Waals surface area contributed by atoms with E-state index in [9.17, 15) is 10.1 Å². The lowest BCUT2D eigenvalue weighted by molar-refractivity contribution is -0.129. The second-order valence-electron chi connectivity index (χ2n) is 6.52. The van der Waals surface area contributed by atoms with E-state index in [2.05, 4.69) is 23.2 Å². The van der Waals surface area contributed by atoms with Gasteiger partial charge in [-0.1, -0.05) is 33.6 Å². The van der Waals surface area contributed by atoms with E-state index in [0.717, 1.165) is 19.4 Å². The van der Waals surface area contributed by atoms with E-state index in [1.165, 1.54) is 25.9 Å². The van der Waals surface area contributed by atoms with Gasteiger partial charge in [-0.2, -0.15) is 5.26 Å². The molecule has 1 aliphatic heterocycles. The summed E-state index contributed by atoms with van der Waals surface area (Å²) in [7, 11) is 0. The fraction of sp³-hybridized carbons (Fsp3) is 0.882. The molecule has 4 heteroatoms. The largest absolute Gasteiger partial charge is 0.354 e. The van der Waals surface area contributed by atoms with Gasteiger partial charge in [-0.15, -0.1) is 0 Å². The molecule has 4 nitrogen and oxygen atoms in total. The van der Waals surface area contributed by atoms with Gasteiger partial charge in [-0.25, -0.2) is 0 Å². The fourth-order valence-corrected chi connectivity index (χ4v) is 3.27. The Labute approximate surface area is 129 Å². The van der Waals surface area contributed by atoms with Crippen molar-refractivity contribution < 1.29 is 4.79 Å². The molecule has 1 N–H and O–H groups in total. The third-order valence-electron chi connectivity index (χ3n) is 4.38. The molecule has 0 spiro atoms. The number of hydrogen-bond acceptors (Lipinski definition) is 3. The highest BCUT2D eigenvalue weighted by atomic mass is 16.2. The van der Waals surface area contributed by atoms with Gasteiger partial charge in [0.1, 0.15) is 5.41 Å². The molecule has 1 atom stereocenters. The summed E-state index contributed by atoms with van der Waals surface area (Å²) in [6, 6.07) is 2.29. The van der Waals surface area contributed by atoms with E-state index in [1.807, 2.05) is 13.8 Å². The van der Waals surface area contributed by atoms with Gasteiger partial charge in [-0.05, 0) is 44.7 Å². The Hall–Kier alpha value is -1.08. The lowest BCUT2D eigenvalue weighted by Crippen LogP contribution is -2.43. The van der Waals surface area contributed by atoms with E-state index >= 15 is 0 Å². The normalized spacial score (nSPS) is 17.4. The third kappa shape index (κ3) is 5.32. The molecule has 0 aliphatic carbocycles. The average Bonchev–Trinajstić information content (AvgIpc) is 2.97. The molecule has 1 amide bonds. The number of amides is 1. The minimum Gasteiger partial charge on any atom is -0.354 e. The van der Waals surface area contributed by atoms with Crippen LogP contribution in [0.25, 0.3) is 0 Å². The standard InChI is InChI=1S/C17H31N3O/c1-4-8-17(14-18,9-5-2)16(21)19-12-15(3)13-20-10-6-7-11-20/h15H,4-13H2,1-3H3,(H,19,21). The second-order valence-corrected chi connectivity index (χ2v) is 6.52. The van der Waals surface area contributed by atoms with Crippen LogP contribution in [-0.2, 0) is 4.79 Å². The summed E-state index contributed by atoms with van der Waals surface area (Å²) in [6.07, 6.45) is 5.63. The highest BCUT2D eigenvalue weighted by Crippen LogP contribution is 2.29. The topological polar surface area (TPSA) is 56.1 Å². The molecule has 0 saturated carbocycles. The zero-order chi connectivity index (χ0) is 15.7. The Morgan fingerprint density at radius 1 is 1.29 bits per heavy atom. The van der Waals surface area contributed by atoms with Crippen molar-refractivity contribution >= 4 is 5.91 Å². The quantitative estimate of drug-likeness (QED) is 0.711.